The van der Waals surface area contributed by atoms with Crippen molar-refractivity contribution in [2.24, 2.45) is 11.8 Å². The van der Waals surface area contributed by atoms with E-state index in [1.165, 1.54) is 50.0 Å². The van der Waals surface area contributed by atoms with Crippen LogP contribution in [0.1, 0.15) is 37.3 Å². The van der Waals surface area contributed by atoms with Crippen LogP contribution in [0, 0.1) is 11.8 Å². The fourth-order valence-corrected chi connectivity index (χ4v) is 5.43. The zero-order valence-corrected chi connectivity index (χ0v) is 16.7. The fraction of sp³-hybridized carbons (Fsp3) is 0.609. The summed E-state index contributed by atoms with van der Waals surface area (Å²) in [4.78, 5) is 5.13. The van der Waals surface area contributed by atoms with Crippen LogP contribution in [-0.2, 0) is 11.3 Å². The van der Waals surface area contributed by atoms with Crippen molar-refractivity contribution in [3.8, 4) is 0 Å². The minimum Gasteiger partial charge on any atom is -0.379 e. The van der Waals surface area contributed by atoms with Crippen LogP contribution in [0.3, 0.4) is 0 Å². The Balaban J connectivity index is 1.25. The summed E-state index contributed by atoms with van der Waals surface area (Å²) in [7, 11) is 0. The van der Waals surface area contributed by atoms with Gasteiger partial charge in [-0.15, -0.1) is 0 Å². The molecular formula is C23H32N4O. The monoisotopic (exact) mass is 380 g/mol. The molecule has 0 N–H and O–H groups in total. The highest BCUT2D eigenvalue weighted by Gasteiger charge is 2.40. The van der Waals surface area contributed by atoms with Gasteiger partial charge >= 0.3 is 0 Å². The standard InChI is InChI=1S/C23H32N4O/c1-3-8-22(19(6-1)16-25-12-14-28-15-13-25)26-17-20(18-26)21-7-2-4-9-23(21)27-11-5-10-24-27/h1,3,5-6,8,10-11,20-21,23H,2,4,7,9,12-18H2. The minimum absolute atomic E-state index is 0.597. The van der Waals surface area contributed by atoms with Gasteiger partial charge < -0.3 is 9.64 Å². The van der Waals surface area contributed by atoms with E-state index in [1.807, 2.05) is 6.20 Å². The second-order valence-electron chi connectivity index (χ2n) is 8.68. The number of hydrogen-bond acceptors (Lipinski definition) is 4. The molecule has 0 spiro atoms. The number of rotatable bonds is 5. The molecule has 5 rings (SSSR count). The van der Waals surface area contributed by atoms with Gasteiger partial charge in [-0.2, -0.15) is 5.10 Å². The maximum atomic E-state index is 5.51. The molecule has 2 atom stereocenters. The van der Waals surface area contributed by atoms with Crippen molar-refractivity contribution in [3.05, 3.63) is 48.3 Å². The number of hydrogen-bond donors (Lipinski definition) is 0. The van der Waals surface area contributed by atoms with E-state index in [4.69, 9.17) is 4.74 Å². The van der Waals surface area contributed by atoms with Crippen molar-refractivity contribution in [2.75, 3.05) is 44.3 Å². The molecule has 2 aromatic rings. The molecule has 1 aliphatic carbocycles. The van der Waals surface area contributed by atoms with Gasteiger partial charge in [-0.3, -0.25) is 9.58 Å². The maximum absolute atomic E-state index is 5.51. The highest BCUT2D eigenvalue weighted by atomic mass is 16.5. The Bertz CT molecular complexity index is 750. The summed E-state index contributed by atoms with van der Waals surface area (Å²) in [6.45, 7) is 7.26. The molecule has 1 aromatic carbocycles. The third-order valence-electron chi connectivity index (χ3n) is 6.99. The van der Waals surface area contributed by atoms with Crippen molar-refractivity contribution in [3.63, 3.8) is 0 Å². The van der Waals surface area contributed by atoms with E-state index in [-0.39, 0.29) is 0 Å². The van der Waals surface area contributed by atoms with E-state index in [1.54, 1.807) is 0 Å². The average molecular weight is 381 g/mol. The number of morpholine rings is 1. The van der Waals surface area contributed by atoms with Crippen molar-refractivity contribution in [1.29, 1.82) is 0 Å². The molecule has 150 valence electrons. The van der Waals surface area contributed by atoms with Gasteiger partial charge in [-0.1, -0.05) is 31.0 Å². The Morgan fingerprint density at radius 1 is 1.00 bits per heavy atom. The van der Waals surface area contributed by atoms with Crippen molar-refractivity contribution in [2.45, 2.75) is 38.3 Å². The first kappa shape index (κ1) is 18.2. The Hall–Kier alpha value is -1.85. The van der Waals surface area contributed by atoms with Crippen LogP contribution < -0.4 is 4.90 Å². The van der Waals surface area contributed by atoms with Crippen LogP contribution in [0.4, 0.5) is 5.69 Å². The summed E-state index contributed by atoms with van der Waals surface area (Å²) in [5, 5.41) is 4.57. The summed E-state index contributed by atoms with van der Waals surface area (Å²) in [5.74, 6) is 1.57. The summed E-state index contributed by atoms with van der Waals surface area (Å²) in [6.07, 6.45) is 9.47. The number of aromatic nitrogens is 2. The van der Waals surface area contributed by atoms with Crippen LogP contribution in [0.2, 0.25) is 0 Å². The lowest BCUT2D eigenvalue weighted by molar-refractivity contribution is 0.0342. The van der Waals surface area contributed by atoms with Crippen LogP contribution in [0.25, 0.3) is 0 Å². The first-order chi connectivity index (χ1) is 13.9. The van der Waals surface area contributed by atoms with Gasteiger partial charge in [-0.05, 0) is 42.4 Å². The summed E-state index contributed by atoms with van der Waals surface area (Å²) < 4.78 is 7.75. The molecule has 0 bridgehead atoms. The number of nitrogens with zero attached hydrogens (tertiary/aromatic N) is 4. The number of anilines is 1. The maximum Gasteiger partial charge on any atom is 0.0594 e. The Labute approximate surface area is 168 Å². The lowest BCUT2D eigenvalue weighted by Gasteiger charge is -2.49. The topological polar surface area (TPSA) is 33.5 Å². The summed E-state index contributed by atoms with van der Waals surface area (Å²) >= 11 is 0. The van der Waals surface area contributed by atoms with Crippen LogP contribution in [-0.4, -0.2) is 54.1 Å². The van der Waals surface area contributed by atoms with Crippen molar-refractivity contribution in [1.82, 2.24) is 14.7 Å². The van der Waals surface area contributed by atoms with E-state index in [2.05, 4.69) is 56.1 Å². The van der Waals surface area contributed by atoms with E-state index in [0.29, 0.717) is 6.04 Å². The van der Waals surface area contributed by atoms with E-state index in [9.17, 15) is 0 Å². The molecule has 5 heteroatoms. The second-order valence-corrected chi connectivity index (χ2v) is 8.68. The minimum atomic E-state index is 0.597. The van der Waals surface area contributed by atoms with Gasteiger partial charge in [0.1, 0.15) is 0 Å². The Morgan fingerprint density at radius 3 is 2.64 bits per heavy atom. The Kier molecular flexibility index (Phi) is 5.37. The number of benzene rings is 1. The fourth-order valence-electron chi connectivity index (χ4n) is 5.43. The van der Waals surface area contributed by atoms with Gasteiger partial charge in [0.2, 0.25) is 0 Å². The number of para-hydroxylation sites is 1. The second kappa shape index (κ2) is 8.26. The largest absolute Gasteiger partial charge is 0.379 e. The van der Waals surface area contributed by atoms with Crippen LogP contribution in [0.5, 0.6) is 0 Å². The van der Waals surface area contributed by atoms with Gasteiger partial charge in [0.25, 0.3) is 0 Å². The van der Waals surface area contributed by atoms with Crippen molar-refractivity contribution >= 4 is 5.69 Å². The molecule has 28 heavy (non-hydrogen) atoms. The third kappa shape index (κ3) is 3.70. The summed E-state index contributed by atoms with van der Waals surface area (Å²) in [5.41, 5.74) is 2.91. The third-order valence-corrected chi connectivity index (χ3v) is 6.99. The van der Waals surface area contributed by atoms with E-state index in [0.717, 1.165) is 44.7 Å². The van der Waals surface area contributed by atoms with E-state index < -0.39 is 0 Å². The molecule has 1 saturated carbocycles. The first-order valence-corrected chi connectivity index (χ1v) is 11.0. The molecule has 2 unspecified atom stereocenters. The van der Waals surface area contributed by atoms with Crippen molar-refractivity contribution < 1.29 is 4.74 Å². The highest BCUT2D eigenvalue weighted by Crippen LogP contribution is 2.43. The highest BCUT2D eigenvalue weighted by molar-refractivity contribution is 5.55. The van der Waals surface area contributed by atoms with Gasteiger partial charge in [-0.25, -0.2) is 0 Å². The van der Waals surface area contributed by atoms with Gasteiger partial charge in [0, 0.05) is 50.8 Å². The molecule has 1 aromatic heterocycles. The predicted molar refractivity (Wildman–Crippen MR) is 111 cm³/mol. The molecule has 3 heterocycles. The molecule has 3 fully saturated rings. The molecule has 5 nitrogen and oxygen atoms in total. The van der Waals surface area contributed by atoms with Crippen LogP contribution >= 0.6 is 0 Å². The lowest BCUT2D eigenvalue weighted by Crippen LogP contribution is -2.52. The number of ether oxygens (including phenoxy) is 1. The summed E-state index contributed by atoms with van der Waals surface area (Å²) in [6, 6.07) is 11.7. The molecular weight excluding hydrogens is 348 g/mol. The molecule has 0 radical (unpaired) electrons. The predicted octanol–water partition coefficient (Wildman–Crippen LogP) is 3.58. The Morgan fingerprint density at radius 2 is 1.82 bits per heavy atom. The van der Waals surface area contributed by atoms with Gasteiger partial charge in [0.15, 0.2) is 0 Å². The quantitative estimate of drug-likeness (QED) is 0.794. The smallest absolute Gasteiger partial charge is 0.0594 e. The molecule has 3 aliphatic rings. The van der Waals surface area contributed by atoms with Gasteiger partial charge in [0.05, 0.1) is 19.3 Å². The molecule has 0 amide bonds. The lowest BCUT2D eigenvalue weighted by atomic mass is 9.73. The molecule has 2 saturated heterocycles. The SMILES string of the molecule is c1ccc(N2CC(C3CCCCC3n3cccn3)C2)c(CN2CCOCC2)c1. The molecule has 2 aliphatic heterocycles. The zero-order valence-electron chi connectivity index (χ0n) is 16.7. The van der Waals surface area contributed by atoms with Crippen LogP contribution in [0.15, 0.2) is 42.7 Å². The average Bonchev–Trinajstić information content (AvgIpc) is 3.24. The first-order valence-electron chi connectivity index (χ1n) is 11.0. The normalized spacial score (nSPS) is 26.9. The van der Waals surface area contributed by atoms with E-state index >= 15 is 0 Å². The zero-order chi connectivity index (χ0) is 18.8.